The van der Waals surface area contributed by atoms with Crippen LogP contribution in [0.15, 0.2) is 18.2 Å². The lowest BCUT2D eigenvalue weighted by atomic mass is 9.95. The van der Waals surface area contributed by atoms with Crippen molar-refractivity contribution in [2.75, 3.05) is 5.32 Å². The normalized spacial score (nSPS) is 15.4. The zero-order valence-corrected chi connectivity index (χ0v) is 14.6. The van der Waals surface area contributed by atoms with Crippen molar-refractivity contribution in [3.8, 4) is 0 Å². The Balaban J connectivity index is 1.72. The first-order valence-corrected chi connectivity index (χ1v) is 9.05. The summed E-state index contributed by atoms with van der Waals surface area (Å²) in [6.07, 6.45) is 6.83. The summed E-state index contributed by atoms with van der Waals surface area (Å²) in [5, 5.41) is 11.5. The van der Waals surface area contributed by atoms with Crippen LogP contribution in [-0.2, 0) is 9.59 Å². The molecule has 0 bridgehead atoms. The van der Waals surface area contributed by atoms with E-state index in [9.17, 15) is 9.59 Å². The minimum atomic E-state index is -0.877. The molecule has 0 radical (unpaired) electrons. The van der Waals surface area contributed by atoms with E-state index in [1.54, 1.807) is 0 Å². The second-order valence-corrected chi connectivity index (χ2v) is 6.82. The van der Waals surface area contributed by atoms with Crippen LogP contribution in [0.5, 0.6) is 0 Å². The van der Waals surface area contributed by atoms with E-state index in [4.69, 9.17) is 5.11 Å². The Kier molecular flexibility index (Phi) is 5.36. The molecule has 6 heteroatoms. The summed E-state index contributed by atoms with van der Waals surface area (Å²) in [4.78, 5) is 27.1. The molecule has 3 rings (SSSR count). The molecule has 1 aromatic heterocycles. The summed E-state index contributed by atoms with van der Waals surface area (Å²) in [6, 6.07) is 6.35. The number of aromatic nitrogens is 2. The van der Waals surface area contributed by atoms with Gasteiger partial charge in [-0.25, -0.2) is 4.98 Å². The van der Waals surface area contributed by atoms with Gasteiger partial charge < -0.3 is 15.0 Å². The van der Waals surface area contributed by atoms with Crippen LogP contribution in [-0.4, -0.2) is 26.5 Å². The fourth-order valence-electron chi connectivity index (χ4n) is 3.72. The number of fused-ring (bicyclic) bond motifs is 1. The molecule has 0 aliphatic heterocycles. The van der Waals surface area contributed by atoms with Crippen LogP contribution >= 0.6 is 0 Å². The predicted octanol–water partition coefficient (Wildman–Crippen LogP) is 4.04. The SMILES string of the molecule is Cc1nc2cc(NC(=O)CCCC(=O)O)ccc2n1C1CCCCC1. The summed E-state index contributed by atoms with van der Waals surface area (Å²) < 4.78 is 2.34. The maximum Gasteiger partial charge on any atom is 0.303 e. The number of carboxylic acids is 1. The number of benzene rings is 1. The van der Waals surface area contributed by atoms with E-state index in [0.29, 0.717) is 18.2 Å². The molecule has 1 heterocycles. The Morgan fingerprint density at radius 3 is 2.72 bits per heavy atom. The third-order valence-corrected chi connectivity index (χ3v) is 4.88. The summed E-state index contributed by atoms with van der Waals surface area (Å²) in [7, 11) is 0. The molecule has 0 unspecified atom stereocenters. The molecule has 1 aliphatic rings. The van der Waals surface area contributed by atoms with Gasteiger partial charge in [0.1, 0.15) is 5.82 Å². The Labute approximate surface area is 147 Å². The van der Waals surface area contributed by atoms with Gasteiger partial charge in [0, 0.05) is 24.6 Å². The molecular weight excluding hydrogens is 318 g/mol. The van der Waals surface area contributed by atoms with E-state index >= 15 is 0 Å². The average molecular weight is 343 g/mol. The number of amides is 1. The van der Waals surface area contributed by atoms with Crippen molar-refractivity contribution < 1.29 is 14.7 Å². The monoisotopic (exact) mass is 343 g/mol. The lowest BCUT2D eigenvalue weighted by Crippen LogP contribution is -2.14. The third-order valence-electron chi connectivity index (χ3n) is 4.88. The van der Waals surface area contributed by atoms with Gasteiger partial charge in [-0.3, -0.25) is 9.59 Å². The van der Waals surface area contributed by atoms with E-state index in [-0.39, 0.29) is 18.7 Å². The maximum absolute atomic E-state index is 11.9. The van der Waals surface area contributed by atoms with Crippen LogP contribution in [0.4, 0.5) is 5.69 Å². The molecule has 6 nitrogen and oxygen atoms in total. The number of anilines is 1. The van der Waals surface area contributed by atoms with Gasteiger partial charge in [0.25, 0.3) is 0 Å². The highest BCUT2D eigenvalue weighted by Crippen LogP contribution is 2.33. The highest BCUT2D eigenvalue weighted by atomic mass is 16.4. The standard InChI is InChI=1S/C19H25N3O3/c1-13-20-16-12-14(21-18(23)8-5-9-19(24)25)10-11-17(16)22(13)15-6-3-2-4-7-15/h10-12,15H,2-9H2,1H3,(H,21,23)(H,24,25). The molecule has 2 aromatic rings. The molecule has 2 N–H and O–H groups in total. The van der Waals surface area contributed by atoms with Crippen molar-refractivity contribution in [3.05, 3.63) is 24.0 Å². The zero-order chi connectivity index (χ0) is 17.8. The van der Waals surface area contributed by atoms with Gasteiger partial charge in [-0.1, -0.05) is 19.3 Å². The molecule has 134 valence electrons. The van der Waals surface area contributed by atoms with Gasteiger partial charge in [-0.15, -0.1) is 0 Å². The smallest absolute Gasteiger partial charge is 0.303 e. The van der Waals surface area contributed by atoms with E-state index in [1.807, 2.05) is 25.1 Å². The van der Waals surface area contributed by atoms with Crippen LogP contribution in [0.1, 0.15) is 63.2 Å². The highest BCUT2D eigenvalue weighted by molar-refractivity contribution is 5.93. The molecular formula is C19H25N3O3. The number of imidazole rings is 1. The molecule has 1 amide bonds. The van der Waals surface area contributed by atoms with Crippen molar-refractivity contribution in [1.82, 2.24) is 9.55 Å². The number of aliphatic carboxylic acids is 1. The third kappa shape index (κ3) is 4.18. The molecule has 0 atom stereocenters. The van der Waals surface area contributed by atoms with Crippen molar-refractivity contribution in [3.63, 3.8) is 0 Å². The largest absolute Gasteiger partial charge is 0.481 e. The van der Waals surface area contributed by atoms with Crippen LogP contribution < -0.4 is 5.32 Å². The van der Waals surface area contributed by atoms with Crippen molar-refractivity contribution >= 4 is 28.6 Å². The predicted molar refractivity (Wildman–Crippen MR) is 96.7 cm³/mol. The van der Waals surface area contributed by atoms with Crippen molar-refractivity contribution in [2.45, 2.75) is 64.3 Å². The Morgan fingerprint density at radius 1 is 1.24 bits per heavy atom. The Hall–Kier alpha value is -2.37. The first-order chi connectivity index (χ1) is 12.0. The number of rotatable bonds is 6. The Morgan fingerprint density at radius 2 is 2.00 bits per heavy atom. The fourth-order valence-corrected chi connectivity index (χ4v) is 3.72. The topological polar surface area (TPSA) is 84.2 Å². The molecule has 1 fully saturated rings. The van der Waals surface area contributed by atoms with Crippen LogP contribution in [0.2, 0.25) is 0 Å². The number of carbonyl (C=O) groups is 2. The second-order valence-electron chi connectivity index (χ2n) is 6.82. The maximum atomic E-state index is 11.9. The minimum Gasteiger partial charge on any atom is -0.481 e. The van der Waals surface area contributed by atoms with Crippen LogP contribution in [0.3, 0.4) is 0 Å². The van der Waals surface area contributed by atoms with E-state index in [0.717, 1.165) is 16.9 Å². The zero-order valence-electron chi connectivity index (χ0n) is 14.6. The first kappa shape index (κ1) is 17.5. The number of hydrogen-bond acceptors (Lipinski definition) is 3. The molecule has 1 aliphatic carbocycles. The number of aryl methyl sites for hydroxylation is 1. The van der Waals surface area contributed by atoms with Crippen LogP contribution in [0.25, 0.3) is 11.0 Å². The summed E-state index contributed by atoms with van der Waals surface area (Å²) in [5.74, 6) is -0.0196. The quantitative estimate of drug-likeness (QED) is 0.829. The molecule has 25 heavy (non-hydrogen) atoms. The lowest BCUT2D eigenvalue weighted by Gasteiger charge is -2.25. The van der Waals surface area contributed by atoms with E-state index < -0.39 is 5.97 Å². The molecule has 0 saturated heterocycles. The summed E-state index contributed by atoms with van der Waals surface area (Å²) >= 11 is 0. The van der Waals surface area contributed by atoms with Gasteiger partial charge in [-0.05, 0) is 44.4 Å². The number of hydrogen-bond donors (Lipinski definition) is 2. The highest BCUT2D eigenvalue weighted by Gasteiger charge is 2.20. The number of nitrogens with one attached hydrogen (secondary N) is 1. The van der Waals surface area contributed by atoms with E-state index in [1.165, 1.54) is 32.1 Å². The number of carbonyl (C=O) groups excluding carboxylic acids is 1. The summed E-state index contributed by atoms with van der Waals surface area (Å²) in [5.41, 5.74) is 2.72. The average Bonchev–Trinajstić information content (AvgIpc) is 2.90. The number of nitrogens with zero attached hydrogens (tertiary/aromatic N) is 2. The van der Waals surface area contributed by atoms with Crippen molar-refractivity contribution in [2.24, 2.45) is 0 Å². The fraction of sp³-hybridized carbons (Fsp3) is 0.526. The van der Waals surface area contributed by atoms with Crippen molar-refractivity contribution in [1.29, 1.82) is 0 Å². The number of carboxylic acid groups (broad SMARTS) is 1. The van der Waals surface area contributed by atoms with Gasteiger partial charge in [0.15, 0.2) is 0 Å². The second kappa shape index (κ2) is 7.68. The minimum absolute atomic E-state index is 0.0114. The lowest BCUT2D eigenvalue weighted by molar-refractivity contribution is -0.137. The van der Waals surface area contributed by atoms with Gasteiger partial charge in [0.2, 0.25) is 5.91 Å². The summed E-state index contributed by atoms with van der Waals surface area (Å²) in [6.45, 7) is 2.04. The first-order valence-electron chi connectivity index (χ1n) is 9.05. The van der Waals surface area contributed by atoms with Gasteiger partial charge >= 0.3 is 5.97 Å². The molecule has 0 spiro atoms. The Bertz CT molecular complexity index is 776. The van der Waals surface area contributed by atoms with Crippen LogP contribution in [0, 0.1) is 6.92 Å². The molecule has 1 aromatic carbocycles. The van der Waals surface area contributed by atoms with E-state index in [2.05, 4.69) is 14.9 Å². The van der Waals surface area contributed by atoms with Gasteiger partial charge in [0.05, 0.1) is 11.0 Å². The molecule has 1 saturated carbocycles. The van der Waals surface area contributed by atoms with Gasteiger partial charge in [-0.2, -0.15) is 0 Å².